The van der Waals surface area contributed by atoms with Gasteiger partial charge in [0.25, 0.3) is 0 Å². The molecule has 1 unspecified atom stereocenters. The minimum absolute atomic E-state index is 0.0215. The number of aryl methyl sites for hydroxylation is 1. The summed E-state index contributed by atoms with van der Waals surface area (Å²) < 4.78 is 18.5. The Labute approximate surface area is 138 Å². The minimum Gasteiger partial charge on any atom is -0.379 e. The predicted octanol–water partition coefficient (Wildman–Crippen LogP) is 2.23. The van der Waals surface area contributed by atoms with Crippen LogP contribution in [-0.4, -0.2) is 49.7 Å². The molecule has 0 aromatic heterocycles. The van der Waals surface area contributed by atoms with E-state index in [1.165, 1.54) is 12.1 Å². The molecule has 1 amide bonds. The quantitative estimate of drug-likeness (QED) is 0.837. The summed E-state index contributed by atoms with van der Waals surface area (Å²) in [4.78, 5) is 14.5. The van der Waals surface area contributed by atoms with Gasteiger partial charge in [-0.1, -0.05) is 26.0 Å². The molecule has 0 spiro atoms. The highest BCUT2D eigenvalue weighted by molar-refractivity contribution is 5.76. The van der Waals surface area contributed by atoms with E-state index in [4.69, 9.17) is 4.74 Å². The first-order valence-electron chi connectivity index (χ1n) is 8.39. The van der Waals surface area contributed by atoms with E-state index in [0.29, 0.717) is 31.3 Å². The van der Waals surface area contributed by atoms with Gasteiger partial charge in [-0.3, -0.25) is 9.69 Å². The fraction of sp³-hybridized carbons (Fsp3) is 0.611. The van der Waals surface area contributed by atoms with E-state index in [2.05, 4.69) is 24.1 Å². The van der Waals surface area contributed by atoms with Gasteiger partial charge in [0.15, 0.2) is 0 Å². The van der Waals surface area contributed by atoms with Crippen LogP contribution in [0.15, 0.2) is 24.3 Å². The van der Waals surface area contributed by atoms with Crippen LogP contribution in [0.1, 0.15) is 25.8 Å². The van der Waals surface area contributed by atoms with Crippen LogP contribution in [0.2, 0.25) is 0 Å². The molecule has 0 aliphatic carbocycles. The van der Waals surface area contributed by atoms with E-state index in [1.807, 2.05) is 6.07 Å². The molecule has 5 heteroatoms. The molecule has 1 aliphatic heterocycles. The van der Waals surface area contributed by atoms with Crippen LogP contribution in [0, 0.1) is 11.7 Å². The molecule has 23 heavy (non-hydrogen) atoms. The third kappa shape index (κ3) is 5.92. The predicted molar refractivity (Wildman–Crippen MR) is 88.7 cm³/mol. The molecule has 1 N–H and O–H groups in total. The Morgan fingerprint density at radius 1 is 1.35 bits per heavy atom. The standard InChI is InChI=1S/C18H27FN2O2/c1-14(2)17(21-8-10-23-11-9-21)13-20-18(22)7-6-15-4-3-5-16(19)12-15/h3-5,12,14,17H,6-11,13H2,1-2H3,(H,20,22). The number of amides is 1. The van der Waals surface area contributed by atoms with Crippen molar-refractivity contribution in [3.8, 4) is 0 Å². The molecule has 0 saturated carbocycles. The Morgan fingerprint density at radius 3 is 2.74 bits per heavy atom. The second-order valence-corrected chi connectivity index (χ2v) is 6.39. The zero-order chi connectivity index (χ0) is 16.7. The van der Waals surface area contributed by atoms with Crippen LogP contribution in [0.3, 0.4) is 0 Å². The maximum atomic E-state index is 13.1. The second kappa shape index (κ2) is 8.99. The van der Waals surface area contributed by atoms with Crippen LogP contribution >= 0.6 is 0 Å². The summed E-state index contributed by atoms with van der Waals surface area (Å²) in [6.45, 7) is 8.37. The summed E-state index contributed by atoms with van der Waals surface area (Å²) in [5, 5.41) is 3.03. The first kappa shape index (κ1) is 17.9. The van der Waals surface area contributed by atoms with Crippen molar-refractivity contribution in [2.75, 3.05) is 32.8 Å². The molecule has 1 aromatic carbocycles. The average Bonchev–Trinajstić information content (AvgIpc) is 2.54. The van der Waals surface area contributed by atoms with Crippen LogP contribution in [-0.2, 0) is 16.0 Å². The van der Waals surface area contributed by atoms with Gasteiger partial charge < -0.3 is 10.1 Å². The number of rotatable bonds is 7. The number of morpholine rings is 1. The second-order valence-electron chi connectivity index (χ2n) is 6.39. The van der Waals surface area contributed by atoms with Crippen LogP contribution in [0.25, 0.3) is 0 Å². The molecule has 1 atom stereocenters. The lowest BCUT2D eigenvalue weighted by atomic mass is 10.0. The van der Waals surface area contributed by atoms with E-state index in [9.17, 15) is 9.18 Å². The SMILES string of the molecule is CC(C)C(CNC(=O)CCc1cccc(F)c1)N1CCOCC1. The maximum Gasteiger partial charge on any atom is 0.220 e. The van der Waals surface area contributed by atoms with Gasteiger partial charge in [0.2, 0.25) is 5.91 Å². The summed E-state index contributed by atoms with van der Waals surface area (Å²) in [6, 6.07) is 6.76. The van der Waals surface area contributed by atoms with E-state index < -0.39 is 0 Å². The number of ether oxygens (including phenoxy) is 1. The van der Waals surface area contributed by atoms with Gasteiger partial charge in [-0.15, -0.1) is 0 Å². The number of nitrogens with one attached hydrogen (secondary N) is 1. The third-order valence-electron chi connectivity index (χ3n) is 4.32. The maximum absolute atomic E-state index is 13.1. The first-order valence-corrected chi connectivity index (χ1v) is 8.39. The van der Waals surface area contributed by atoms with Crippen LogP contribution in [0.5, 0.6) is 0 Å². The first-order chi connectivity index (χ1) is 11.1. The molecule has 1 aromatic rings. The zero-order valence-corrected chi connectivity index (χ0v) is 14.1. The van der Waals surface area contributed by atoms with Crippen molar-refractivity contribution in [1.82, 2.24) is 10.2 Å². The number of hydrogen-bond donors (Lipinski definition) is 1. The van der Waals surface area contributed by atoms with Crippen molar-refractivity contribution in [3.63, 3.8) is 0 Å². The molecular formula is C18H27FN2O2. The van der Waals surface area contributed by atoms with E-state index in [0.717, 1.165) is 31.9 Å². The van der Waals surface area contributed by atoms with Crippen molar-refractivity contribution in [2.45, 2.75) is 32.7 Å². The Hall–Kier alpha value is -1.46. The van der Waals surface area contributed by atoms with Gasteiger partial charge >= 0.3 is 0 Å². The van der Waals surface area contributed by atoms with E-state index in [-0.39, 0.29) is 11.7 Å². The van der Waals surface area contributed by atoms with Crippen molar-refractivity contribution < 1.29 is 13.9 Å². The topological polar surface area (TPSA) is 41.6 Å². The van der Waals surface area contributed by atoms with Crippen molar-refractivity contribution in [2.24, 2.45) is 5.92 Å². The van der Waals surface area contributed by atoms with E-state index >= 15 is 0 Å². The van der Waals surface area contributed by atoms with Gasteiger partial charge in [0.05, 0.1) is 13.2 Å². The zero-order valence-electron chi connectivity index (χ0n) is 14.1. The summed E-state index contributed by atoms with van der Waals surface area (Å²) in [5.41, 5.74) is 0.855. The fourth-order valence-electron chi connectivity index (χ4n) is 2.95. The van der Waals surface area contributed by atoms with Gasteiger partial charge in [-0.05, 0) is 30.0 Å². The molecule has 2 rings (SSSR count). The van der Waals surface area contributed by atoms with Crippen molar-refractivity contribution >= 4 is 5.91 Å². The molecule has 1 fully saturated rings. The fourth-order valence-corrected chi connectivity index (χ4v) is 2.95. The number of halogens is 1. The average molecular weight is 322 g/mol. The summed E-state index contributed by atoms with van der Waals surface area (Å²) >= 11 is 0. The lowest BCUT2D eigenvalue weighted by molar-refractivity contribution is -0.121. The van der Waals surface area contributed by atoms with Gasteiger partial charge in [-0.2, -0.15) is 0 Å². The summed E-state index contributed by atoms with van der Waals surface area (Å²) in [7, 11) is 0. The Bertz CT molecular complexity index is 502. The summed E-state index contributed by atoms with van der Waals surface area (Å²) in [6.07, 6.45) is 0.949. The molecule has 1 aliphatic rings. The molecular weight excluding hydrogens is 295 g/mol. The minimum atomic E-state index is -0.255. The highest BCUT2D eigenvalue weighted by atomic mass is 19.1. The molecule has 1 saturated heterocycles. The molecule has 4 nitrogen and oxygen atoms in total. The lowest BCUT2D eigenvalue weighted by Crippen LogP contribution is -2.51. The highest BCUT2D eigenvalue weighted by Gasteiger charge is 2.24. The van der Waals surface area contributed by atoms with Gasteiger partial charge in [0.1, 0.15) is 5.82 Å². The number of nitrogens with zero attached hydrogens (tertiary/aromatic N) is 1. The number of hydrogen-bond acceptors (Lipinski definition) is 3. The Kier molecular flexibility index (Phi) is 6.99. The molecule has 0 radical (unpaired) electrons. The van der Waals surface area contributed by atoms with Crippen molar-refractivity contribution in [3.05, 3.63) is 35.6 Å². The van der Waals surface area contributed by atoms with Crippen LogP contribution < -0.4 is 5.32 Å². The smallest absolute Gasteiger partial charge is 0.220 e. The number of carbonyl (C=O) groups excluding carboxylic acids is 1. The largest absolute Gasteiger partial charge is 0.379 e. The van der Waals surface area contributed by atoms with Crippen molar-refractivity contribution in [1.29, 1.82) is 0 Å². The number of benzene rings is 1. The third-order valence-corrected chi connectivity index (χ3v) is 4.32. The molecule has 128 valence electrons. The summed E-state index contributed by atoms with van der Waals surface area (Å²) in [5.74, 6) is 0.236. The number of carbonyl (C=O) groups is 1. The lowest BCUT2D eigenvalue weighted by Gasteiger charge is -2.36. The Morgan fingerprint density at radius 2 is 2.09 bits per heavy atom. The molecule has 0 bridgehead atoms. The highest BCUT2D eigenvalue weighted by Crippen LogP contribution is 2.12. The van der Waals surface area contributed by atoms with E-state index in [1.54, 1.807) is 6.07 Å². The normalized spacial score (nSPS) is 17.2. The van der Waals surface area contributed by atoms with Gasteiger partial charge in [0, 0.05) is 32.1 Å². The Balaban J connectivity index is 1.77. The molecule has 1 heterocycles. The van der Waals surface area contributed by atoms with Gasteiger partial charge in [-0.25, -0.2) is 4.39 Å². The monoisotopic (exact) mass is 322 g/mol. The van der Waals surface area contributed by atoms with Crippen LogP contribution in [0.4, 0.5) is 4.39 Å².